The van der Waals surface area contributed by atoms with Crippen molar-refractivity contribution in [3.05, 3.63) is 73.5 Å². The van der Waals surface area contributed by atoms with Gasteiger partial charge in [0, 0.05) is 36.2 Å². The first-order chi connectivity index (χ1) is 16.0. The van der Waals surface area contributed by atoms with Crippen LogP contribution in [0.3, 0.4) is 0 Å². The molecule has 0 saturated carbocycles. The third kappa shape index (κ3) is 5.21. The molecule has 0 spiro atoms. The Morgan fingerprint density at radius 1 is 1.21 bits per heavy atom. The summed E-state index contributed by atoms with van der Waals surface area (Å²) in [6.45, 7) is 8.58. The van der Waals surface area contributed by atoms with Crippen LogP contribution in [0.2, 0.25) is 0 Å². The van der Waals surface area contributed by atoms with Crippen molar-refractivity contribution in [2.75, 3.05) is 13.7 Å². The highest BCUT2D eigenvalue weighted by molar-refractivity contribution is 7.09. The molecular weight excluding hydrogens is 436 g/mol. The van der Waals surface area contributed by atoms with Crippen molar-refractivity contribution in [1.29, 1.82) is 0 Å². The summed E-state index contributed by atoms with van der Waals surface area (Å²) in [6, 6.07) is 10.3. The van der Waals surface area contributed by atoms with Crippen molar-refractivity contribution in [1.82, 2.24) is 30.1 Å². The highest BCUT2D eigenvalue weighted by Gasteiger charge is 2.26. The highest BCUT2D eigenvalue weighted by atomic mass is 32.1. The van der Waals surface area contributed by atoms with Crippen molar-refractivity contribution in [3.63, 3.8) is 0 Å². The van der Waals surface area contributed by atoms with Gasteiger partial charge in [-0.15, -0.1) is 16.4 Å². The number of nitrogens with zero attached hydrogens (tertiary/aromatic N) is 5. The molecule has 4 rings (SSSR count). The number of hydrogen-bond acceptors (Lipinski definition) is 7. The number of methoxy groups -OCH3 is 1. The molecule has 0 amide bonds. The molecule has 3 aromatic heterocycles. The van der Waals surface area contributed by atoms with Crippen molar-refractivity contribution in [2.45, 2.75) is 52.9 Å². The number of aromatic amines is 1. The number of H-pyrrole nitrogens is 1. The number of aromatic nitrogens is 5. The zero-order chi connectivity index (χ0) is 23.4. The van der Waals surface area contributed by atoms with E-state index in [1.165, 1.54) is 16.0 Å². The summed E-state index contributed by atoms with van der Waals surface area (Å²) in [5.41, 5.74) is 3.92. The van der Waals surface area contributed by atoms with Gasteiger partial charge in [0.1, 0.15) is 0 Å². The minimum atomic E-state index is -0.0595. The van der Waals surface area contributed by atoms with Gasteiger partial charge in [-0.1, -0.05) is 13.0 Å². The van der Waals surface area contributed by atoms with Gasteiger partial charge in [0.2, 0.25) is 0 Å². The average Bonchev–Trinajstić information content (AvgIpc) is 3.47. The second-order valence-electron chi connectivity index (χ2n) is 8.31. The summed E-state index contributed by atoms with van der Waals surface area (Å²) in [5, 5.41) is 15.6. The molecule has 0 aliphatic heterocycles. The Morgan fingerprint density at radius 2 is 2.03 bits per heavy atom. The monoisotopic (exact) mass is 466 g/mol. The fourth-order valence-corrected chi connectivity index (χ4v) is 4.86. The maximum absolute atomic E-state index is 13.0. The van der Waals surface area contributed by atoms with E-state index in [0.717, 1.165) is 28.7 Å². The van der Waals surface area contributed by atoms with Crippen molar-refractivity contribution in [2.24, 2.45) is 0 Å². The summed E-state index contributed by atoms with van der Waals surface area (Å²) >= 11 is 1.71. The van der Waals surface area contributed by atoms with Gasteiger partial charge >= 0.3 is 0 Å². The molecule has 3 heterocycles. The molecule has 0 unspecified atom stereocenters. The van der Waals surface area contributed by atoms with Crippen LogP contribution in [0, 0.1) is 13.8 Å². The van der Waals surface area contributed by atoms with Crippen molar-refractivity contribution in [3.8, 4) is 0 Å². The van der Waals surface area contributed by atoms with E-state index in [4.69, 9.17) is 4.74 Å². The number of rotatable bonds is 10. The van der Waals surface area contributed by atoms with E-state index in [-0.39, 0.29) is 11.6 Å². The highest BCUT2D eigenvalue weighted by Crippen LogP contribution is 2.28. The van der Waals surface area contributed by atoms with E-state index in [0.29, 0.717) is 26.2 Å². The molecule has 1 N–H and O–H groups in total. The zero-order valence-corrected chi connectivity index (χ0v) is 20.4. The minimum Gasteiger partial charge on any atom is -0.383 e. The molecule has 174 valence electrons. The van der Waals surface area contributed by atoms with E-state index in [9.17, 15) is 4.79 Å². The van der Waals surface area contributed by atoms with Gasteiger partial charge in [-0.3, -0.25) is 9.69 Å². The Kier molecular flexibility index (Phi) is 7.32. The van der Waals surface area contributed by atoms with E-state index in [1.54, 1.807) is 23.1 Å². The third-order valence-electron chi connectivity index (χ3n) is 6.04. The number of aryl methyl sites for hydroxylation is 2. The molecule has 4 aromatic rings. The summed E-state index contributed by atoms with van der Waals surface area (Å²) < 4.78 is 7.03. The van der Waals surface area contributed by atoms with Crippen LogP contribution in [-0.4, -0.2) is 43.8 Å². The molecule has 0 aliphatic rings. The summed E-state index contributed by atoms with van der Waals surface area (Å²) in [6.07, 6.45) is 0.808. The largest absolute Gasteiger partial charge is 0.383 e. The SMILES string of the molecule is CC[C@@H](c1nnnn1CCOC)N(Cc1cccs1)Cc1cc2cc(C)c(C)cc2[nH]c1=O. The lowest BCUT2D eigenvalue weighted by atomic mass is 10.0. The van der Waals surface area contributed by atoms with Gasteiger partial charge in [0.15, 0.2) is 5.82 Å². The van der Waals surface area contributed by atoms with E-state index in [1.807, 2.05) is 12.1 Å². The van der Waals surface area contributed by atoms with Crippen LogP contribution in [0.5, 0.6) is 0 Å². The Hall–Kier alpha value is -2.88. The first-order valence-electron chi connectivity index (χ1n) is 11.1. The Morgan fingerprint density at radius 3 is 2.76 bits per heavy atom. The normalized spacial score (nSPS) is 12.6. The molecule has 9 heteroatoms. The predicted molar refractivity (Wildman–Crippen MR) is 130 cm³/mol. The van der Waals surface area contributed by atoms with Crippen LogP contribution in [0.15, 0.2) is 40.5 Å². The lowest BCUT2D eigenvalue weighted by Crippen LogP contribution is -2.32. The summed E-state index contributed by atoms with van der Waals surface area (Å²) in [4.78, 5) is 19.6. The number of benzene rings is 1. The van der Waals surface area contributed by atoms with Crippen LogP contribution < -0.4 is 5.56 Å². The summed E-state index contributed by atoms with van der Waals surface area (Å²) in [5.74, 6) is 0.787. The topological polar surface area (TPSA) is 88.9 Å². The quantitative estimate of drug-likeness (QED) is 0.380. The maximum Gasteiger partial charge on any atom is 0.252 e. The van der Waals surface area contributed by atoms with Crippen LogP contribution in [-0.2, 0) is 24.4 Å². The molecule has 1 aromatic carbocycles. The third-order valence-corrected chi connectivity index (χ3v) is 6.90. The van der Waals surface area contributed by atoms with E-state index >= 15 is 0 Å². The first kappa shape index (κ1) is 23.3. The standard InChI is InChI=1S/C24H30N6O2S/c1-5-22(23-26-27-28-30(23)8-9-32-4)29(15-20-7-6-10-33-20)14-19-13-18-11-16(2)17(3)12-21(18)25-24(19)31/h6-7,10-13,22H,5,8-9,14-15H2,1-4H3,(H,25,31)/t22-/m0/s1. The Balaban J connectivity index is 1.72. The van der Waals surface area contributed by atoms with E-state index in [2.05, 4.69) is 69.8 Å². The number of fused-ring (bicyclic) bond motifs is 1. The number of nitrogens with one attached hydrogen (secondary N) is 1. The number of hydrogen-bond donors (Lipinski definition) is 1. The van der Waals surface area contributed by atoms with Crippen LogP contribution in [0.1, 0.15) is 46.8 Å². The minimum absolute atomic E-state index is 0.0474. The molecule has 0 bridgehead atoms. The zero-order valence-electron chi connectivity index (χ0n) is 19.5. The molecule has 1 atom stereocenters. The van der Waals surface area contributed by atoms with Gasteiger partial charge in [-0.25, -0.2) is 4.68 Å². The molecular formula is C24H30N6O2S. The number of thiophene rings is 1. The number of ether oxygens (including phenoxy) is 1. The van der Waals surface area contributed by atoms with Crippen molar-refractivity contribution >= 4 is 22.2 Å². The molecule has 0 fully saturated rings. The molecule has 33 heavy (non-hydrogen) atoms. The second kappa shape index (κ2) is 10.4. The van der Waals surface area contributed by atoms with Gasteiger partial charge in [0.25, 0.3) is 5.56 Å². The Bertz CT molecular complexity index is 1260. The van der Waals surface area contributed by atoms with Crippen LogP contribution in [0.25, 0.3) is 10.9 Å². The maximum atomic E-state index is 13.0. The molecule has 8 nitrogen and oxygen atoms in total. The lowest BCUT2D eigenvalue weighted by Gasteiger charge is -2.29. The predicted octanol–water partition coefficient (Wildman–Crippen LogP) is 3.99. The van der Waals surface area contributed by atoms with Gasteiger partial charge in [-0.2, -0.15) is 0 Å². The fraction of sp³-hybridized carbons (Fsp3) is 0.417. The van der Waals surface area contributed by atoms with Gasteiger partial charge in [-0.05, 0) is 76.9 Å². The lowest BCUT2D eigenvalue weighted by molar-refractivity contribution is 0.152. The Labute approximate surface area is 197 Å². The second-order valence-corrected chi connectivity index (χ2v) is 9.34. The van der Waals surface area contributed by atoms with Crippen molar-refractivity contribution < 1.29 is 4.74 Å². The smallest absolute Gasteiger partial charge is 0.252 e. The number of pyridine rings is 1. The van der Waals surface area contributed by atoms with E-state index < -0.39 is 0 Å². The van der Waals surface area contributed by atoms with Gasteiger partial charge < -0.3 is 9.72 Å². The van der Waals surface area contributed by atoms with Crippen LogP contribution >= 0.6 is 11.3 Å². The molecule has 0 radical (unpaired) electrons. The fourth-order valence-electron chi connectivity index (χ4n) is 4.13. The average molecular weight is 467 g/mol. The molecule has 0 aliphatic carbocycles. The number of tetrazole rings is 1. The molecule has 0 saturated heterocycles. The summed E-state index contributed by atoms with van der Waals surface area (Å²) in [7, 11) is 1.67. The van der Waals surface area contributed by atoms with Gasteiger partial charge in [0.05, 0.1) is 19.2 Å². The van der Waals surface area contributed by atoms with Crippen LogP contribution in [0.4, 0.5) is 0 Å². The first-order valence-corrected chi connectivity index (χ1v) is 12.0.